The van der Waals surface area contributed by atoms with Crippen molar-refractivity contribution < 1.29 is 4.79 Å². The number of rotatable bonds is 7. The molecular formula is C13H13ClN4OS2. The number of aromatic nitrogens is 2. The average Bonchev–Trinajstić information content (AvgIpc) is 2.93. The average molecular weight is 341 g/mol. The Bertz CT molecular complexity index is 632. The molecule has 1 amide bonds. The van der Waals surface area contributed by atoms with E-state index in [1.807, 2.05) is 18.2 Å². The number of thioether (sulfide) groups is 1. The lowest BCUT2D eigenvalue weighted by Crippen LogP contribution is -2.24. The van der Waals surface area contributed by atoms with Crippen molar-refractivity contribution in [3.8, 4) is 0 Å². The minimum atomic E-state index is -0.0595. The largest absolute Gasteiger partial charge is 0.352 e. The van der Waals surface area contributed by atoms with Crippen molar-refractivity contribution in [2.24, 2.45) is 0 Å². The van der Waals surface area contributed by atoms with E-state index < -0.39 is 0 Å². The molecule has 110 valence electrons. The van der Waals surface area contributed by atoms with Gasteiger partial charge in [-0.15, -0.1) is 16.8 Å². The second-order valence-corrected chi connectivity index (χ2v) is 6.47. The van der Waals surface area contributed by atoms with Gasteiger partial charge in [-0.3, -0.25) is 4.79 Å². The van der Waals surface area contributed by atoms with Crippen molar-refractivity contribution in [2.45, 2.75) is 4.34 Å². The number of hydrogen-bond donors (Lipinski definition) is 2. The molecule has 0 bridgehead atoms. The van der Waals surface area contributed by atoms with Gasteiger partial charge < -0.3 is 10.6 Å². The molecule has 2 rings (SSSR count). The van der Waals surface area contributed by atoms with Gasteiger partial charge in [0.2, 0.25) is 11.0 Å². The Balaban J connectivity index is 1.88. The molecule has 2 N–H and O–H groups in total. The molecule has 0 saturated carbocycles. The smallest absolute Gasteiger partial charge is 0.230 e. The third-order valence-electron chi connectivity index (χ3n) is 2.29. The van der Waals surface area contributed by atoms with Crippen LogP contribution in [-0.4, -0.2) is 28.4 Å². The SMILES string of the molecule is C=CCNC(=O)CSc1nnc(Nc2ccccc2Cl)s1. The fourth-order valence-corrected chi connectivity index (χ4v) is 3.14. The number of benzene rings is 1. The molecule has 0 atom stereocenters. The van der Waals surface area contributed by atoms with Gasteiger partial charge in [-0.1, -0.05) is 52.9 Å². The summed E-state index contributed by atoms with van der Waals surface area (Å²) in [6.45, 7) is 4.01. The summed E-state index contributed by atoms with van der Waals surface area (Å²) in [6, 6.07) is 7.40. The summed E-state index contributed by atoms with van der Waals surface area (Å²) in [5, 5.41) is 15.1. The Morgan fingerprint density at radius 2 is 2.24 bits per heavy atom. The highest BCUT2D eigenvalue weighted by atomic mass is 35.5. The zero-order valence-corrected chi connectivity index (χ0v) is 13.4. The normalized spacial score (nSPS) is 10.1. The van der Waals surface area contributed by atoms with Gasteiger partial charge in [-0.25, -0.2) is 0 Å². The van der Waals surface area contributed by atoms with Crippen molar-refractivity contribution in [3.63, 3.8) is 0 Å². The van der Waals surface area contributed by atoms with Crippen LogP contribution in [0.15, 0.2) is 41.3 Å². The maximum absolute atomic E-state index is 11.5. The Morgan fingerprint density at radius 1 is 1.43 bits per heavy atom. The van der Waals surface area contributed by atoms with Gasteiger partial charge in [0.1, 0.15) is 0 Å². The van der Waals surface area contributed by atoms with E-state index in [1.54, 1.807) is 12.1 Å². The van der Waals surface area contributed by atoms with Gasteiger partial charge in [-0.05, 0) is 12.1 Å². The minimum Gasteiger partial charge on any atom is -0.352 e. The first-order valence-electron chi connectivity index (χ1n) is 6.04. The lowest BCUT2D eigenvalue weighted by Gasteiger charge is -2.03. The summed E-state index contributed by atoms with van der Waals surface area (Å²) >= 11 is 8.77. The maximum Gasteiger partial charge on any atom is 0.230 e. The van der Waals surface area contributed by atoms with Crippen molar-refractivity contribution >= 4 is 51.4 Å². The number of hydrogen-bond acceptors (Lipinski definition) is 6. The predicted octanol–water partition coefficient (Wildman–Crippen LogP) is 3.33. The van der Waals surface area contributed by atoms with Crippen LogP contribution in [0.25, 0.3) is 0 Å². The molecule has 0 aliphatic heterocycles. The number of carbonyl (C=O) groups is 1. The number of amides is 1. The summed E-state index contributed by atoms with van der Waals surface area (Å²) in [6.07, 6.45) is 1.64. The summed E-state index contributed by atoms with van der Waals surface area (Å²) < 4.78 is 0.721. The van der Waals surface area contributed by atoms with Crippen molar-refractivity contribution in [3.05, 3.63) is 41.9 Å². The summed E-state index contributed by atoms with van der Waals surface area (Å²) in [5.74, 6) is 0.241. The van der Waals surface area contributed by atoms with Crippen molar-refractivity contribution in [1.29, 1.82) is 0 Å². The molecular weight excluding hydrogens is 328 g/mol. The molecule has 1 aromatic carbocycles. The fourth-order valence-electron chi connectivity index (χ4n) is 1.36. The Kier molecular flexibility index (Phi) is 6.04. The van der Waals surface area contributed by atoms with E-state index >= 15 is 0 Å². The highest BCUT2D eigenvalue weighted by Crippen LogP contribution is 2.30. The maximum atomic E-state index is 11.5. The molecule has 0 aliphatic rings. The molecule has 2 aromatic rings. The van der Waals surface area contributed by atoms with Crippen molar-refractivity contribution in [2.75, 3.05) is 17.6 Å². The van der Waals surface area contributed by atoms with E-state index in [4.69, 9.17) is 11.6 Å². The van der Waals surface area contributed by atoms with Crippen LogP contribution < -0.4 is 10.6 Å². The van der Waals surface area contributed by atoms with E-state index in [-0.39, 0.29) is 5.91 Å². The highest BCUT2D eigenvalue weighted by Gasteiger charge is 2.08. The zero-order valence-electron chi connectivity index (χ0n) is 11.0. The quantitative estimate of drug-likeness (QED) is 0.597. The molecule has 0 spiro atoms. The number of anilines is 2. The topological polar surface area (TPSA) is 66.9 Å². The second kappa shape index (κ2) is 8.02. The van der Waals surface area contributed by atoms with Gasteiger partial charge in [0.25, 0.3) is 0 Å². The van der Waals surface area contributed by atoms with E-state index in [0.717, 1.165) is 10.0 Å². The number of nitrogens with one attached hydrogen (secondary N) is 2. The third kappa shape index (κ3) is 5.04. The predicted molar refractivity (Wildman–Crippen MR) is 88.6 cm³/mol. The molecule has 0 aliphatic carbocycles. The van der Waals surface area contributed by atoms with Crippen LogP contribution >= 0.6 is 34.7 Å². The lowest BCUT2D eigenvalue weighted by molar-refractivity contribution is -0.118. The number of nitrogens with zero attached hydrogens (tertiary/aromatic N) is 2. The van der Waals surface area contributed by atoms with Crippen LogP contribution in [0.1, 0.15) is 0 Å². The highest BCUT2D eigenvalue weighted by molar-refractivity contribution is 8.01. The first-order valence-corrected chi connectivity index (χ1v) is 8.22. The molecule has 1 aromatic heterocycles. The Labute approximate surface area is 135 Å². The van der Waals surface area contributed by atoms with Crippen LogP contribution in [-0.2, 0) is 4.79 Å². The third-order valence-corrected chi connectivity index (χ3v) is 4.59. The minimum absolute atomic E-state index is 0.0595. The van der Waals surface area contributed by atoms with Gasteiger partial charge in [-0.2, -0.15) is 0 Å². The summed E-state index contributed by atoms with van der Waals surface area (Å²) in [7, 11) is 0. The number of para-hydroxylation sites is 1. The van der Waals surface area contributed by atoms with Crippen LogP contribution in [0.2, 0.25) is 5.02 Å². The van der Waals surface area contributed by atoms with E-state index in [0.29, 0.717) is 22.5 Å². The molecule has 8 heteroatoms. The number of carbonyl (C=O) groups excluding carboxylic acids is 1. The van der Waals surface area contributed by atoms with Gasteiger partial charge in [0, 0.05) is 6.54 Å². The van der Waals surface area contributed by atoms with Gasteiger partial charge in [0.05, 0.1) is 16.5 Å². The molecule has 0 unspecified atom stereocenters. The van der Waals surface area contributed by atoms with E-state index in [2.05, 4.69) is 27.4 Å². The van der Waals surface area contributed by atoms with Gasteiger partial charge >= 0.3 is 0 Å². The second-order valence-electron chi connectivity index (χ2n) is 3.86. The monoisotopic (exact) mass is 340 g/mol. The molecule has 0 fully saturated rings. The van der Waals surface area contributed by atoms with E-state index in [9.17, 15) is 4.79 Å². The van der Waals surface area contributed by atoms with Gasteiger partial charge in [0.15, 0.2) is 4.34 Å². The Hall–Kier alpha value is -1.57. The first kappa shape index (κ1) is 15.8. The fraction of sp³-hybridized carbons (Fsp3) is 0.154. The van der Waals surface area contributed by atoms with Crippen molar-refractivity contribution in [1.82, 2.24) is 15.5 Å². The molecule has 0 radical (unpaired) electrons. The van der Waals surface area contributed by atoms with Crippen LogP contribution in [0.3, 0.4) is 0 Å². The molecule has 0 saturated heterocycles. The Morgan fingerprint density at radius 3 is 3.00 bits per heavy atom. The standard InChI is InChI=1S/C13H13ClN4OS2/c1-2-7-15-11(19)8-20-13-18-17-12(21-13)16-10-6-4-3-5-9(10)14/h2-6H,1,7-8H2,(H,15,19)(H,16,17). The molecule has 21 heavy (non-hydrogen) atoms. The molecule has 1 heterocycles. The lowest BCUT2D eigenvalue weighted by atomic mass is 10.3. The zero-order chi connectivity index (χ0) is 15.1. The summed E-state index contributed by atoms with van der Waals surface area (Å²) in [4.78, 5) is 11.5. The van der Waals surface area contributed by atoms with Crippen LogP contribution in [0.4, 0.5) is 10.8 Å². The number of halogens is 1. The van der Waals surface area contributed by atoms with Crippen LogP contribution in [0.5, 0.6) is 0 Å². The first-order chi connectivity index (χ1) is 10.2. The van der Waals surface area contributed by atoms with Crippen LogP contribution in [0, 0.1) is 0 Å². The summed E-state index contributed by atoms with van der Waals surface area (Å²) in [5.41, 5.74) is 0.774. The van der Waals surface area contributed by atoms with E-state index in [1.165, 1.54) is 23.1 Å². The molecule has 5 nitrogen and oxygen atoms in total.